The second kappa shape index (κ2) is 1.90. The minimum absolute atomic E-state index is 2.04. The van der Waals surface area contributed by atoms with Gasteiger partial charge in [-0.3, -0.25) is 0 Å². The van der Waals surface area contributed by atoms with E-state index in [0.717, 1.165) is 0 Å². The van der Waals surface area contributed by atoms with E-state index in [2.05, 4.69) is 10.2 Å². The van der Waals surface area contributed by atoms with Crippen LogP contribution in [0.1, 0.15) is 0 Å². The fourth-order valence-corrected chi connectivity index (χ4v) is 0.654. The van der Waals surface area contributed by atoms with E-state index in [4.69, 9.17) is 0 Å². The van der Waals surface area contributed by atoms with E-state index >= 15 is 0 Å². The van der Waals surface area contributed by atoms with E-state index < -0.39 is 16.7 Å². The molecule has 0 aliphatic carbocycles. The summed E-state index contributed by atoms with van der Waals surface area (Å²) in [5.41, 5.74) is 0. The third-order valence-corrected chi connectivity index (χ3v) is 1.85. The normalized spacial score (nSPS) is 22.0. The van der Waals surface area contributed by atoms with Crippen LogP contribution in [0, 0.1) is 0 Å². The van der Waals surface area contributed by atoms with Gasteiger partial charge in [-0.25, -0.2) is 0 Å². The first-order chi connectivity index (χ1) is 4.71. The van der Waals surface area contributed by atoms with Crippen LogP contribution in [0.15, 0.2) is 10.2 Å². The molecule has 0 bridgehead atoms. The number of alkyl halides is 6. The average Bonchev–Trinajstić information content (AvgIpc) is 2.45. The molecule has 0 unspecified atom stereocenters. The number of rotatable bonds is 1. The van der Waals surface area contributed by atoms with Crippen LogP contribution in [-0.2, 0) is 0 Å². The minimum Gasteiger partial charge on any atom is -0.190 e. The quantitative estimate of drug-likeness (QED) is 0.381. The lowest BCUT2D eigenvalue weighted by Gasteiger charge is -2.20. The van der Waals surface area contributed by atoms with Crippen LogP contribution in [0.25, 0.3) is 0 Å². The van der Waals surface area contributed by atoms with Crippen LogP contribution < -0.4 is 0 Å². The van der Waals surface area contributed by atoms with Gasteiger partial charge in [0.05, 0.1) is 0 Å². The molecular formula is C3BrF5N2. The van der Waals surface area contributed by atoms with Gasteiger partial charge in [0.2, 0.25) is 0 Å². The zero-order chi connectivity index (χ0) is 8.91. The average molecular weight is 239 g/mol. The SMILES string of the molecule is FC(F)(F)C(F)(F)C1(Br)N=N1. The predicted octanol–water partition coefficient (Wildman–Crippen LogP) is 2.70. The fraction of sp³-hybridized carbons (Fsp3) is 1.00. The number of hydrogen-bond donors (Lipinski definition) is 0. The van der Waals surface area contributed by atoms with Gasteiger partial charge >= 0.3 is 16.7 Å². The maximum absolute atomic E-state index is 12.1. The van der Waals surface area contributed by atoms with E-state index in [-0.39, 0.29) is 0 Å². The highest BCUT2D eigenvalue weighted by Gasteiger charge is 2.75. The second-order valence-electron chi connectivity index (χ2n) is 1.86. The largest absolute Gasteiger partial charge is 0.459 e. The topological polar surface area (TPSA) is 24.7 Å². The van der Waals surface area contributed by atoms with Crippen molar-refractivity contribution < 1.29 is 22.0 Å². The summed E-state index contributed by atoms with van der Waals surface area (Å²) in [6.07, 6.45) is -5.62. The van der Waals surface area contributed by atoms with Gasteiger partial charge in [0, 0.05) is 0 Å². The van der Waals surface area contributed by atoms with Crippen molar-refractivity contribution in [3.8, 4) is 0 Å². The molecule has 2 nitrogen and oxygen atoms in total. The highest BCUT2D eigenvalue weighted by Crippen LogP contribution is 2.55. The van der Waals surface area contributed by atoms with Gasteiger partial charge in [-0.05, 0) is 15.9 Å². The summed E-state index contributed by atoms with van der Waals surface area (Å²) in [6.45, 7) is 0. The summed E-state index contributed by atoms with van der Waals surface area (Å²) in [5, 5.41) is 5.09. The Kier molecular flexibility index (Phi) is 1.53. The van der Waals surface area contributed by atoms with Gasteiger partial charge in [0.15, 0.2) is 0 Å². The van der Waals surface area contributed by atoms with Crippen molar-refractivity contribution in [3.63, 3.8) is 0 Å². The Morgan fingerprint density at radius 2 is 1.36 bits per heavy atom. The summed E-state index contributed by atoms with van der Waals surface area (Å²) in [5.74, 6) is -4.93. The molecule has 0 spiro atoms. The van der Waals surface area contributed by atoms with E-state index in [1.165, 1.54) is 0 Å². The summed E-state index contributed by atoms with van der Waals surface area (Å²) < 4.78 is 55.9. The molecule has 0 saturated heterocycles. The van der Waals surface area contributed by atoms with Crippen LogP contribution in [0.4, 0.5) is 22.0 Å². The first kappa shape index (κ1) is 8.82. The molecule has 0 aromatic carbocycles. The van der Waals surface area contributed by atoms with E-state index in [0.29, 0.717) is 0 Å². The molecule has 0 atom stereocenters. The smallest absolute Gasteiger partial charge is 0.190 e. The molecule has 1 rings (SSSR count). The van der Waals surface area contributed by atoms with Gasteiger partial charge in [0.1, 0.15) is 0 Å². The monoisotopic (exact) mass is 238 g/mol. The molecule has 0 saturated carbocycles. The molecule has 0 aromatic rings. The Balaban J connectivity index is 2.83. The lowest BCUT2D eigenvalue weighted by atomic mass is 10.3. The highest BCUT2D eigenvalue weighted by molar-refractivity contribution is 9.10. The predicted molar refractivity (Wildman–Crippen MR) is 27.5 cm³/mol. The Morgan fingerprint density at radius 3 is 1.45 bits per heavy atom. The molecule has 8 heteroatoms. The van der Waals surface area contributed by atoms with Crippen molar-refractivity contribution in [2.75, 3.05) is 0 Å². The van der Waals surface area contributed by atoms with E-state index in [1.54, 1.807) is 0 Å². The molecule has 0 aromatic heterocycles. The number of hydrogen-bond acceptors (Lipinski definition) is 2. The third-order valence-electron chi connectivity index (χ3n) is 1.03. The Morgan fingerprint density at radius 1 is 1.00 bits per heavy atom. The number of halogens is 6. The second-order valence-corrected chi connectivity index (χ2v) is 2.97. The van der Waals surface area contributed by atoms with Gasteiger partial charge in [0.25, 0.3) is 0 Å². The molecule has 0 fully saturated rings. The van der Waals surface area contributed by atoms with Gasteiger partial charge < -0.3 is 0 Å². The standard InChI is InChI=1S/C3BrF5N2/c4-2(10-11-2)1(5,6)3(7,8)9. The lowest BCUT2D eigenvalue weighted by Crippen LogP contribution is -2.46. The van der Waals surface area contributed by atoms with Crippen LogP contribution in [-0.4, -0.2) is 16.7 Å². The summed E-state index contributed by atoms with van der Waals surface area (Å²) in [7, 11) is 0. The third kappa shape index (κ3) is 1.13. The maximum Gasteiger partial charge on any atom is 0.459 e. The van der Waals surface area contributed by atoms with Crippen molar-refractivity contribution in [3.05, 3.63) is 0 Å². The van der Waals surface area contributed by atoms with Crippen LogP contribution in [0.3, 0.4) is 0 Å². The Bertz CT molecular complexity index is 195. The van der Waals surface area contributed by atoms with Crippen LogP contribution >= 0.6 is 15.9 Å². The molecule has 1 aliphatic rings. The molecule has 0 amide bonds. The Hall–Kier alpha value is -0.270. The van der Waals surface area contributed by atoms with Crippen LogP contribution in [0.5, 0.6) is 0 Å². The van der Waals surface area contributed by atoms with E-state index in [1.807, 2.05) is 15.9 Å². The highest BCUT2D eigenvalue weighted by atomic mass is 79.9. The lowest BCUT2D eigenvalue weighted by molar-refractivity contribution is -0.286. The van der Waals surface area contributed by atoms with E-state index in [9.17, 15) is 22.0 Å². The molecule has 1 heterocycles. The zero-order valence-corrected chi connectivity index (χ0v) is 6.25. The molecule has 0 radical (unpaired) electrons. The molecule has 11 heavy (non-hydrogen) atoms. The number of nitrogens with zero attached hydrogens (tertiary/aromatic N) is 2. The Labute approximate surface area is 65.6 Å². The maximum atomic E-state index is 12.1. The van der Waals surface area contributed by atoms with Crippen molar-refractivity contribution in [2.45, 2.75) is 16.7 Å². The van der Waals surface area contributed by atoms with Crippen molar-refractivity contribution in [1.29, 1.82) is 0 Å². The molecule has 1 aliphatic heterocycles. The fourth-order valence-electron chi connectivity index (χ4n) is 0.350. The summed E-state index contributed by atoms with van der Waals surface area (Å²) in [6, 6.07) is 0. The first-order valence-corrected chi connectivity index (χ1v) is 3.07. The van der Waals surface area contributed by atoms with Crippen molar-refractivity contribution in [1.82, 2.24) is 0 Å². The molecule has 0 N–H and O–H groups in total. The first-order valence-electron chi connectivity index (χ1n) is 2.28. The van der Waals surface area contributed by atoms with Gasteiger partial charge in [-0.2, -0.15) is 22.0 Å². The minimum atomic E-state index is -5.62. The van der Waals surface area contributed by atoms with Gasteiger partial charge in [-0.15, -0.1) is 10.2 Å². The molecular weight excluding hydrogens is 239 g/mol. The van der Waals surface area contributed by atoms with Gasteiger partial charge in [-0.1, -0.05) is 0 Å². The summed E-state index contributed by atoms with van der Waals surface area (Å²) in [4.78, 5) is 0. The van der Waals surface area contributed by atoms with Crippen LogP contribution in [0.2, 0.25) is 0 Å². The molecule has 64 valence electrons. The van der Waals surface area contributed by atoms with Crippen molar-refractivity contribution >= 4 is 15.9 Å². The summed E-state index contributed by atoms with van der Waals surface area (Å²) >= 11 is 2.04. The van der Waals surface area contributed by atoms with Crippen molar-refractivity contribution in [2.24, 2.45) is 10.2 Å². The zero-order valence-electron chi connectivity index (χ0n) is 4.66.